The van der Waals surface area contributed by atoms with E-state index in [0.29, 0.717) is 19.0 Å². The van der Waals surface area contributed by atoms with E-state index in [1.54, 1.807) is 4.90 Å². The molecule has 1 fully saturated rings. The van der Waals surface area contributed by atoms with Crippen molar-refractivity contribution >= 4 is 15.9 Å². The van der Waals surface area contributed by atoms with E-state index in [-0.39, 0.29) is 12.3 Å². The van der Waals surface area contributed by atoms with Gasteiger partial charge in [-0.3, -0.25) is 4.79 Å². The van der Waals surface area contributed by atoms with Gasteiger partial charge in [0.1, 0.15) is 16.8 Å². The fourth-order valence-electron chi connectivity index (χ4n) is 4.32. The molecule has 5 nitrogen and oxygen atoms in total. The van der Waals surface area contributed by atoms with E-state index in [2.05, 4.69) is 16.9 Å². The van der Waals surface area contributed by atoms with Crippen LogP contribution in [0.15, 0.2) is 89.8 Å². The van der Waals surface area contributed by atoms with E-state index in [0.717, 1.165) is 24.5 Å². The minimum Gasteiger partial charge on any atom is -0.341 e. The minimum atomic E-state index is -4.22. The molecule has 0 aromatic heterocycles. The third-order valence-corrected chi connectivity index (χ3v) is 7.59. The number of benzene rings is 3. The van der Waals surface area contributed by atoms with Crippen LogP contribution >= 0.6 is 0 Å². The second-order valence-corrected chi connectivity index (χ2v) is 9.99. The summed E-state index contributed by atoms with van der Waals surface area (Å²) in [7, 11) is -4.22. The molecule has 1 atom stereocenters. The third-order valence-electron chi connectivity index (χ3n) is 6.08. The Hall–Kier alpha value is -3.03. The molecule has 0 bridgehead atoms. The van der Waals surface area contributed by atoms with Crippen LogP contribution < -0.4 is 4.72 Å². The van der Waals surface area contributed by atoms with Crippen LogP contribution in [0.25, 0.3) is 0 Å². The number of likely N-dealkylation sites (tertiary alicyclic amines) is 1. The molecule has 1 aliphatic rings. The molecule has 0 spiro atoms. The Balaban J connectivity index is 1.52. The van der Waals surface area contributed by atoms with Crippen LogP contribution in [0.5, 0.6) is 0 Å². The molecule has 4 rings (SSSR count). The minimum absolute atomic E-state index is 0.186. The van der Waals surface area contributed by atoms with Crippen molar-refractivity contribution in [1.82, 2.24) is 9.62 Å². The van der Waals surface area contributed by atoms with Gasteiger partial charge in [-0.2, -0.15) is 4.72 Å². The molecule has 0 radical (unpaired) electrons. The molecule has 33 heavy (non-hydrogen) atoms. The van der Waals surface area contributed by atoms with Crippen molar-refractivity contribution < 1.29 is 17.6 Å². The van der Waals surface area contributed by atoms with Crippen LogP contribution in [0.3, 0.4) is 0 Å². The fourth-order valence-corrected chi connectivity index (χ4v) is 5.59. The number of rotatable bonds is 7. The maximum atomic E-state index is 14.2. The maximum Gasteiger partial charge on any atom is 0.244 e. The predicted molar refractivity (Wildman–Crippen MR) is 126 cm³/mol. The second kappa shape index (κ2) is 10.3. The van der Waals surface area contributed by atoms with E-state index >= 15 is 0 Å². The Kier molecular flexibility index (Phi) is 7.20. The first kappa shape index (κ1) is 23.1. The summed E-state index contributed by atoms with van der Waals surface area (Å²) >= 11 is 0. The molecule has 1 amide bonds. The second-order valence-electron chi connectivity index (χ2n) is 8.30. The van der Waals surface area contributed by atoms with Gasteiger partial charge in [0.05, 0.1) is 0 Å². The zero-order chi connectivity index (χ0) is 23.3. The normalized spacial score (nSPS) is 15.8. The first-order chi connectivity index (χ1) is 15.9. The number of piperidine rings is 1. The van der Waals surface area contributed by atoms with Crippen molar-refractivity contribution in [3.05, 3.63) is 102 Å². The van der Waals surface area contributed by atoms with Crippen LogP contribution in [0.4, 0.5) is 4.39 Å². The summed E-state index contributed by atoms with van der Waals surface area (Å²) in [5, 5.41) is 0. The lowest BCUT2D eigenvalue weighted by Crippen LogP contribution is -2.51. The lowest BCUT2D eigenvalue weighted by atomic mass is 9.89. The van der Waals surface area contributed by atoms with E-state index in [1.807, 2.05) is 48.5 Å². The highest BCUT2D eigenvalue weighted by Crippen LogP contribution is 2.28. The van der Waals surface area contributed by atoms with Gasteiger partial charge in [-0.25, -0.2) is 12.8 Å². The van der Waals surface area contributed by atoms with Gasteiger partial charge in [-0.1, -0.05) is 72.8 Å². The summed E-state index contributed by atoms with van der Waals surface area (Å²) < 4.78 is 42.6. The smallest absolute Gasteiger partial charge is 0.244 e. The number of hydrogen-bond donors (Lipinski definition) is 1. The van der Waals surface area contributed by atoms with Gasteiger partial charge in [0, 0.05) is 13.1 Å². The van der Waals surface area contributed by atoms with Gasteiger partial charge in [0.25, 0.3) is 0 Å². The first-order valence-electron chi connectivity index (χ1n) is 11.1. The van der Waals surface area contributed by atoms with Crippen LogP contribution in [0, 0.1) is 5.82 Å². The predicted octanol–water partition coefficient (Wildman–Crippen LogP) is 4.12. The Labute approximate surface area is 194 Å². The molecule has 1 unspecified atom stereocenters. The van der Waals surface area contributed by atoms with E-state index < -0.39 is 26.8 Å². The first-order valence-corrected chi connectivity index (χ1v) is 12.6. The Bertz CT molecular complexity index is 1180. The molecule has 1 aliphatic heterocycles. The third kappa shape index (κ3) is 5.67. The van der Waals surface area contributed by atoms with Crippen molar-refractivity contribution in [1.29, 1.82) is 0 Å². The molecule has 1 saturated heterocycles. The highest BCUT2D eigenvalue weighted by molar-refractivity contribution is 7.89. The SMILES string of the molecule is O=C(C(Cc1ccccc1)NS(=O)(=O)c1ccccc1F)N1CCC(c2ccccc2)CC1. The number of nitrogens with zero attached hydrogens (tertiary/aromatic N) is 1. The van der Waals surface area contributed by atoms with Crippen molar-refractivity contribution in [3.8, 4) is 0 Å². The number of nitrogens with one attached hydrogen (secondary N) is 1. The van der Waals surface area contributed by atoms with E-state index in [4.69, 9.17) is 0 Å². The quantitative estimate of drug-likeness (QED) is 0.570. The maximum absolute atomic E-state index is 14.2. The topological polar surface area (TPSA) is 66.5 Å². The molecule has 172 valence electrons. The van der Waals surface area contributed by atoms with Crippen molar-refractivity contribution in [2.45, 2.75) is 36.1 Å². The monoisotopic (exact) mass is 466 g/mol. The highest BCUT2D eigenvalue weighted by atomic mass is 32.2. The Morgan fingerprint density at radius 1 is 0.909 bits per heavy atom. The number of amides is 1. The summed E-state index contributed by atoms with van der Waals surface area (Å²) in [4.78, 5) is 14.7. The van der Waals surface area contributed by atoms with Gasteiger partial charge in [-0.15, -0.1) is 0 Å². The molecule has 1 heterocycles. The van der Waals surface area contributed by atoms with Gasteiger partial charge in [0.15, 0.2) is 0 Å². The largest absolute Gasteiger partial charge is 0.341 e. The Morgan fingerprint density at radius 3 is 2.12 bits per heavy atom. The summed E-state index contributed by atoms with van der Waals surface area (Å²) in [6.07, 6.45) is 1.81. The van der Waals surface area contributed by atoms with Crippen molar-refractivity contribution in [2.75, 3.05) is 13.1 Å². The summed E-state index contributed by atoms with van der Waals surface area (Å²) in [5.41, 5.74) is 2.08. The van der Waals surface area contributed by atoms with Gasteiger partial charge >= 0.3 is 0 Å². The van der Waals surface area contributed by atoms with Crippen LogP contribution in [0.1, 0.15) is 29.9 Å². The number of halogens is 1. The molecule has 3 aromatic rings. The lowest BCUT2D eigenvalue weighted by molar-refractivity contribution is -0.134. The average molecular weight is 467 g/mol. The Morgan fingerprint density at radius 2 is 1.48 bits per heavy atom. The highest BCUT2D eigenvalue weighted by Gasteiger charge is 2.32. The summed E-state index contributed by atoms with van der Waals surface area (Å²) in [5.74, 6) is -0.761. The number of carbonyl (C=O) groups is 1. The zero-order valence-corrected chi connectivity index (χ0v) is 19.0. The molecular weight excluding hydrogens is 439 g/mol. The lowest BCUT2D eigenvalue weighted by Gasteiger charge is -2.34. The summed E-state index contributed by atoms with van der Waals surface area (Å²) in [6, 6.07) is 23.6. The number of hydrogen-bond acceptors (Lipinski definition) is 3. The van der Waals surface area contributed by atoms with Gasteiger partial charge in [-0.05, 0) is 48.4 Å². The zero-order valence-electron chi connectivity index (χ0n) is 18.2. The molecule has 0 aliphatic carbocycles. The molecule has 7 heteroatoms. The molecule has 1 N–H and O–H groups in total. The fraction of sp³-hybridized carbons (Fsp3) is 0.269. The number of carbonyl (C=O) groups excluding carboxylic acids is 1. The average Bonchev–Trinajstić information content (AvgIpc) is 2.84. The standard InChI is InChI=1S/C26H27FN2O3S/c27-23-13-7-8-14-25(23)33(31,32)28-24(19-20-9-3-1-4-10-20)26(30)29-17-15-22(16-18-29)21-11-5-2-6-12-21/h1-14,22,24,28H,15-19H2. The van der Waals surface area contributed by atoms with Crippen molar-refractivity contribution in [2.24, 2.45) is 0 Å². The van der Waals surface area contributed by atoms with E-state index in [1.165, 1.54) is 23.8 Å². The molecule has 3 aromatic carbocycles. The number of sulfonamides is 1. The van der Waals surface area contributed by atoms with Gasteiger partial charge in [0.2, 0.25) is 15.9 Å². The molecule has 0 saturated carbocycles. The van der Waals surface area contributed by atoms with Crippen LogP contribution in [-0.4, -0.2) is 38.4 Å². The van der Waals surface area contributed by atoms with Crippen LogP contribution in [0.2, 0.25) is 0 Å². The molecular formula is C26H27FN2O3S. The van der Waals surface area contributed by atoms with Crippen molar-refractivity contribution in [3.63, 3.8) is 0 Å². The van der Waals surface area contributed by atoms with Gasteiger partial charge < -0.3 is 4.90 Å². The van der Waals surface area contributed by atoms with Crippen LogP contribution in [-0.2, 0) is 21.2 Å². The summed E-state index contributed by atoms with van der Waals surface area (Å²) in [6.45, 7) is 1.09. The van der Waals surface area contributed by atoms with E-state index in [9.17, 15) is 17.6 Å².